The Labute approximate surface area is 134 Å². The predicted octanol–water partition coefficient (Wildman–Crippen LogP) is 4.32. The Bertz CT molecular complexity index is 632. The Balaban J connectivity index is 2.49. The number of methoxy groups -OCH3 is 2. The van der Waals surface area contributed by atoms with E-state index in [1.807, 2.05) is 37.4 Å². The van der Waals surface area contributed by atoms with Crippen LogP contribution in [-0.2, 0) is 0 Å². The van der Waals surface area contributed by atoms with Crippen LogP contribution in [0.5, 0.6) is 11.5 Å². The van der Waals surface area contributed by atoms with Crippen LogP contribution >= 0.6 is 23.2 Å². The normalized spacial score (nSPS) is 12.0. The second-order valence-corrected chi connectivity index (χ2v) is 5.35. The van der Waals surface area contributed by atoms with Gasteiger partial charge in [-0.05, 0) is 42.9 Å². The van der Waals surface area contributed by atoms with Crippen LogP contribution in [0.4, 0.5) is 0 Å². The highest BCUT2D eigenvalue weighted by molar-refractivity contribution is 6.32. The lowest BCUT2D eigenvalue weighted by atomic mass is 9.98. The summed E-state index contributed by atoms with van der Waals surface area (Å²) < 4.78 is 10.6. The maximum absolute atomic E-state index is 6.21. The van der Waals surface area contributed by atoms with Gasteiger partial charge in [-0.2, -0.15) is 0 Å². The molecule has 1 atom stereocenters. The second kappa shape index (κ2) is 7.03. The van der Waals surface area contributed by atoms with E-state index in [1.165, 1.54) is 0 Å². The fourth-order valence-electron chi connectivity index (χ4n) is 2.29. The van der Waals surface area contributed by atoms with Gasteiger partial charge in [0, 0.05) is 10.6 Å². The van der Waals surface area contributed by atoms with Crippen LogP contribution in [-0.4, -0.2) is 21.3 Å². The second-order valence-electron chi connectivity index (χ2n) is 4.50. The summed E-state index contributed by atoms with van der Waals surface area (Å²) in [5, 5.41) is 4.49. The summed E-state index contributed by atoms with van der Waals surface area (Å²) in [6.07, 6.45) is 0. The number of benzene rings is 2. The molecule has 5 heteroatoms. The standard InChI is InChI=1S/C16H17Cl2NO2/c1-19-16(10-4-6-15(21-3)13(18)8-10)12-9-11(17)5-7-14(12)20-2/h4-9,16,19H,1-3H3. The summed E-state index contributed by atoms with van der Waals surface area (Å²) in [7, 11) is 5.11. The van der Waals surface area contributed by atoms with Gasteiger partial charge in [-0.15, -0.1) is 0 Å². The quantitative estimate of drug-likeness (QED) is 0.888. The molecule has 2 rings (SSSR count). The Hall–Kier alpha value is -1.42. The van der Waals surface area contributed by atoms with Crippen LogP contribution in [0, 0.1) is 0 Å². The van der Waals surface area contributed by atoms with Crippen molar-refractivity contribution in [3.63, 3.8) is 0 Å². The third kappa shape index (κ3) is 3.43. The third-order valence-electron chi connectivity index (χ3n) is 3.30. The van der Waals surface area contributed by atoms with Gasteiger partial charge in [0.1, 0.15) is 11.5 Å². The van der Waals surface area contributed by atoms with Crippen LogP contribution in [0.1, 0.15) is 17.2 Å². The van der Waals surface area contributed by atoms with E-state index in [2.05, 4.69) is 5.32 Å². The van der Waals surface area contributed by atoms with Crippen molar-refractivity contribution in [3.8, 4) is 11.5 Å². The minimum atomic E-state index is -0.0814. The fraction of sp³-hybridized carbons (Fsp3) is 0.250. The largest absolute Gasteiger partial charge is 0.496 e. The maximum Gasteiger partial charge on any atom is 0.137 e. The van der Waals surface area contributed by atoms with Gasteiger partial charge >= 0.3 is 0 Å². The monoisotopic (exact) mass is 325 g/mol. The molecule has 0 aliphatic heterocycles. The molecule has 0 heterocycles. The molecule has 1 N–H and O–H groups in total. The summed E-state index contributed by atoms with van der Waals surface area (Å²) >= 11 is 12.3. The first-order valence-corrected chi connectivity index (χ1v) is 7.20. The highest BCUT2D eigenvalue weighted by atomic mass is 35.5. The number of rotatable bonds is 5. The van der Waals surface area contributed by atoms with E-state index in [-0.39, 0.29) is 6.04 Å². The molecule has 2 aromatic rings. The number of halogens is 2. The molecule has 0 bridgehead atoms. The third-order valence-corrected chi connectivity index (χ3v) is 3.83. The summed E-state index contributed by atoms with van der Waals surface area (Å²) in [5.41, 5.74) is 1.96. The Morgan fingerprint density at radius 1 is 0.952 bits per heavy atom. The maximum atomic E-state index is 6.21. The summed E-state index contributed by atoms with van der Waals surface area (Å²) in [6.45, 7) is 0. The van der Waals surface area contributed by atoms with Crippen LogP contribution in [0.2, 0.25) is 10.0 Å². The van der Waals surface area contributed by atoms with E-state index >= 15 is 0 Å². The van der Waals surface area contributed by atoms with Crippen LogP contribution in [0.3, 0.4) is 0 Å². The highest BCUT2D eigenvalue weighted by Gasteiger charge is 2.18. The Morgan fingerprint density at radius 2 is 1.62 bits per heavy atom. The summed E-state index contributed by atoms with van der Waals surface area (Å²) in [5.74, 6) is 1.42. The minimum Gasteiger partial charge on any atom is -0.496 e. The summed E-state index contributed by atoms with van der Waals surface area (Å²) in [6, 6.07) is 11.2. The van der Waals surface area contributed by atoms with Crippen molar-refractivity contribution < 1.29 is 9.47 Å². The molecular formula is C16H17Cl2NO2. The van der Waals surface area contributed by atoms with E-state index < -0.39 is 0 Å². The molecule has 112 valence electrons. The van der Waals surface area contributed by atoms with Crippen molar-refractivity contribution in [2.75, 3.05) is 21.3 Å². The summed E-state index contributed by atoms with van der Waals surface area (Å²) in [4.78, 5) is 0. The molecule has 0 aliphatic carbocycles. The SMILES string of the molecule is CNC(c1ccc(OC)c(Cl)c1)c1cc(Cl)ccc1OC. The topological polar surface area (TPSA) is 30.5 Å². The first-order valence-electron chi connectivity index (χ1n) is 6.44. The molecule has 0 radical (unpaired) electrons. The van der Waals surface area contributed by atoms with E-state index in [4.69, 9.17) is 32.7 Å². The van der Waals surface area contributed by atoms with Gasteiger partial charge in [0.25, 0.3) is 0 Å². The zero-order chi connectivity index (χ0) is 15.4. The van der Waals surface area contributed by atoms with Crippen molar-refractivity contribution >= 4 is 23.2 Å². The van der Waals surface area contributed by atoms with E-state index in [0.717, 1.165) is 16.9 Å². The molecule has 0 saturated carbocycles. The van der Waals surface area contributed by atoms with Gasteiger partial charge < -0.3 is 14.8 Å². The predicted molar refractivity (Wildman–Crippen MR) is 86.9 cm³/mol. The lowest BCUT2D eigenvalue weighted by Crippen LogP contribution is -2.18. The fourth-order valence-corrected chi connectivity index (χ4v) is 2.74. The zero-order valence-electron chi connectivity index (χ0n) is 12.1. The Morgan fingerprint density at radius 3 is 2.19 bits per heavy atom. The van der Waals surface area contributed by atoms with Crippen molar-refractivity contribution in [1.29, 1.82) is 0 Å². The molecule has 0 aromatic heterocycles. The molecule has 0 saturated heterocycles. The van der Waals surface area contributed by atoms with E-state index in [9.17, 15) is 0 Å². The van der Waals surface area contributed by atoms with Gasteiger partial charge in [0.05, 0.1) is 25.3 Å². The van der Waals surface area contributed by atoms with Crippen molar-refractivity contribution in [1.82, 2.24) is 5.32 Å². The van der Waals surface area contributed by atoms with Crippen molar-refractivity contribution in [2.24, 2.45) is 0 Å². The molecule has 21 heavy (non-hydrogen) atoms. The smallest absolute Gasteiger partial charge is 0.137 e. The number of hydrogen-bond acceptors (Lipinski definition) is 3. The first kappa shape index (κ1) is 16.0. The van der Waals surface area contributed by atoms with Gasteiger partial charge in [-0.1, -0.05) is 29.3 Å². The van der Waals surface area contributed by atoms with Gasteiger partial charge in [0.15, 0.2) is 0 Å². The molecule has 3 nitrogen and oxygen atoms in total. The van der Waals surface area contributed by atoms with E-state index in [1.54, 1.807) is 20.3 Å². The molecule has 0 fully saturated rings. The van der Waals surface area contributed by atoms with Crippen molar-refractivity contribution in [2.45, 2.75) is 6.04 Å². The number of nitrogens with one attached hydrogen (secondary N) is 1. The molecule has 1 unspecified atom stereocenters. The number of hydrogen-bond donors (Lipinski definition) is 1. The molecule has 0 spiro atoms. The van der Waals surface area contributed by atoms with Crippen LogP contribution in [0.15, 0.2) is 36.4 Å². The first-order chi connectivity index (χ1) is 10.1. The Kier molecular flexibility index (Phi) is 5.34. The van der Waals surface area contributed by atoms with Crippen molar-refractivity contribution in [3.05, 3.63) is 57.6 Å². The van der Waals surface area contributed by atoms with E-state index in [0.29, 0.717) is 15.8 Å². The average Bonchev–Trinajstić information content (AvgIpc) is 2.48. The highest BCUT2D eigenvalue weighted by Crippen LogP contribution is 2.35. The lowest BCUT2D eigenvalue weighted by molar-refractivity contribution is 0.405. The van der Waals surface area contributed by atoms with Crippen LogP contribution < -0.4 is 14.8 Å². The lowest BCUT2D eigenvalue weighted by Gasteiger charge is -2.21. The zero-order valence-corrected chi connectivity index (χ0v) is 13.6. The van der Waals surface area contributed by atoms with Crippen LogP contribution in [0.25, 0.3) is 0 Å². The molecule has 2 aromatic carbocycles. The minimum absolute atomic E-state index is 0.0814. The molecular weight excluding hydrogens is 309 g/mol. The number of ether oxygens (including phenoxy) is 2. The van der Waals surface area contributed by atoms with Gasteiger partial charge in [-0.25, -0.2) is 0 Å². The van der Waals surface area contributed by atoms with Gasteiger partial charge in [-0.3, -0.25) is 0 Å². The molecule has 0 amide bonds. The molecule has 0 aliphatic rings. The van der Waals surface area contributed by atoms with Gasteiger partial charge in [0.2, 0.25) is 0 Å². The average molecular weight is 326 g/mol.